The van der Waals surface area contributed by atoms with Gasteiger partial charge in [0.25, 0.3) is 11.8 Å². The average molecular weight is 623 g/mol. The van der Waals surface area contributed by atoms with Crippen molar-refractivity contribution in [2.75, 3.05) is 61.0 Å². The van der Waals surface area contributed by atoms with Crippen LogP contribution >= 0.6 is 0 Å². The Morgan fingerprint density at radius 2 is 1.37 bits per heavy atom. The number of nitrogens with zero attached hydrogens (tertiary/aromatic N) is 6. The quantitative estimate of drug-likeness (QED) is 0.112. The zero-order valence-corrected chi connectivity index (χ0v) is 27.1. The van der Waals surface area contributed by atoms with Gasteiger partial charge in [0, 0.05) is 24.1 Å². The van der Waals surface area contributed by atoms with E-state index in [2.05, 4.69) is 79.7 Å². The fraction of sp³-hybridized carbons (Fsp3) is 0.361. The van der Waals surface area contributed by atoms with E-state index >= 15 is 0 Å². The summed E-state index contributed by atoms with van der Waals surface area (Å²) in [6.07, 6.45) is 1.44. The smallest absolute Gasteiger partial charge is 0.261 e. The molecule has 0 bridgehead atoms. The van der Waals surface area contributed by atoms with Gasteiger partial charge in [-0.05, 0) is 42.3 Å². The highest BCUT2D eigenvalue weighted by molar-refractivity contribution is 6.21. The number of hydrogen-bond acceptors (Lipinski definition) is 7. The molecule has 0 fully saturated rings. The van der Waals surface area contributed by atoms with Gasteiger partial charge in [0.05, 0.1) is 63.7 Å². The van der Waals surface area contributed by atoms with Gasteiger partial charge in [0.1, 0.15) is 26.2 Å². The first-order chi connectivity index (χ1) is 22.1. The fourth-order valence-corrected chi connectivity index (χ4v) is 5.51. The highest BCUT2D eigenvalue weighted by atomic mass is 16.7. The Bertz CT molecular complexity index is 1630. The summed E-state index contributed by atoms with van der Waals surface area (Å²) < 4.78 is 6.94. The summed E-state index contributed by atoms with van der Waals surface area (Å²) in [6, 6.07) is 23.3. The molecule has 0 aromatic heterocycles. The standard InChI is InChI=1S/C36H42N6O4/c1-41(2,22-7-8-24-45-34-20-25-46-39-34)26-28-12-16-30(17-13-28)37-38-31-18-14-29(15-19-31)27-42(3,4)23-9-21-40-35(43)32-10-5-6-11-33(32)36(40)44/h5-6,10-19H,9,20-27H2,1-4H3/q+2. The molecular weight excluding hydrogens is 580 g/mol. The number of carbonyl (C=O) groups excluding carboxylic acids is 2. The Morgan fingerprint density at radius 1 is 0.804 bits per heavy atom. The Morgan fingerprint density at radius 3 is 1.91 bits per heavy atom. The summed E-state index contributed by atoms with van der Waals surface area (Å²) in [5.41, 5.74) is 4.97. The summed E-state index contributed by atoms with van der Waals surface area (Å²) in [7, 11) is 8.62. The second-order valence-electron chi connectivity index (χ2n) is 13.0. The van der Waals surface area contributed by atoms with Crippen molar-refractivity contribution in [1.82, 2.24) is 4.90 Å². The minimum Gasteiger partial charge on any atom is -0.465 e. The zero-order chi connectivity index (χ0) is 32.6. The molecule has 2 aliphatic rings. The van der Waals surface area contributed by atoms with Crippen molar-refractivity contribution < 1.29 is 28.1 Å². The molecule has 0 saturated carbocycles. The average Bonchev–Trinajstić information content (AvgIpc) is 3.64. The van der Waals surface area contributed by atoms with Crippen molar-refractivity contribution >= 4 is 29.1 Å². The minimum absolute atomic E-state index is 0.194. The van der Waals surface area contributed by atoms with E-state index in [1.54, 1.807) is 24.3 Å². The largest absolute Gasteiger partial charge is 0.465 e. The molecule has 0 N–H and O–H groups in total. The molecule has 3 aromatic carbocycles. The molecular formula is C36H42N6O4+2. The van der Waals surface area contributed by atoms with Crippen molar-refractivity contribution in [3.8, 4) is 11.8 Å². The van der Waals surface area contributed by atoms with Gasteiger partial charge in [-0.1, -0.05) is 47.5 Å². The maximum atomic E-state index is 12.6. The number of imide groups is 1. The van der Waals surface area contributed by atoms with E-state index in [9.17, 15) is 9.59 Å². The highest BCUT2D eigenvalue weighted by Gasteiger charge is 2.35. The summed E-state index contributed by atoms with van der Waals surface area (Å²) >= 11 is 0. The normalized spacial score (nSPS) is 14.6. The van der Waals surface area contributed by atoms with Crippen LogP contribution in [0.5, 0.6) is 0 Å². The lowest BCUT2D eigenvalue weighted by atomic mass is 10.1. The van der Waals surface area contributed by atoms with E-state index < -0.39 is 0 Å². The van der Waals surface area contributed by atoms with Crippen LogP contribution in [-0.2, 0) is 22.7 Å². The van der Waals surface area contributed by atoms with Crippen LogP contribution in [0.25, 0.3) is 0 Å². The first-order valence-electron chi connectivity index (χ1n) is 15.5. The topological polar surface area (TPSA) is 92.9 Å². The number of carbonyl (C=O) groups is 2. The predicted octanol–water partition coefficient (Wildman–Crippen LogP) is 5.69. The SMILES string of the molecule is C[N+](C)(CC#CCOC1=NOCC1)Cc1ccc(N=Nc2ccc(C[N+](C)(C)CCCN3C(=O)c4ccccc4C3=O)cc2)cc1. The Hall–Kier alpha value is -4.85. The van der Waals surface area contributed by atoms with E-state index in [4.69, 9.17) is 9.57 Å². The van der Waals surface area contributed by atoms with Crippen LogP contribution in [0.2, 0.25) is 0 Å². The van der Waals surface area contributed by atoms with Gasteiger partial charge in [-0.15, -0.1) is 0 Å². The number of amides is 2. The van der Waals surface area contributed by atoms with Crippen LogP contribution in [-0.4, -0.2) is 92.6 Å². The second kappa shape index (κ2) is 14.5. The van der Waals surface area contributed by atoms with Gasteiger partial charge >= 0.3 is 0 Å². The van der Waals surface area contributed by atoms with Crippen LogP contribution in [0.4, 0.5) is 11.4 Å². The fourth-order valence-electron chi connectivity index (χ4n) is 5.51. The number of fused-ring (bicyclic) bond motifs is 1. The summed E-state index contributed by atoms with van der Waals surface area (Å²) in [5, 5.41) is 12.7. The van der Waals surface area contributed by atoms with E-state index in [1.165, 1.54) is 16.0 Å². The van der Waals surface area contributed by atoms with Crippen LogP contribution in [0.15, 0.2) is 88.2 Å². The summed E-state index contributed by atoms with van der Waals surface area (Å²) in [4.78, 5) is 31.6. The Balaban J connectivity index is 1.05. The maximum Gasteiger partial charge on any atom is 0.261 e. The molecule has 10 nitrogen and oxygen atoms in total. The molecule has 0 atom stereocenters. The number of rotatable bonds is 12. The van der Waals surface area contributed by atoms with Crippen LogP contribution < -0.4 is 0 Å². The van der Waals surface area contributed by atoms with Crippen LogP contribution in [0, 0.1) is 11.8 Å². The number of azo groups is 1. The van der Waals surface area contributed by atoms with Crippen molar-refractivity contribution in [2.24, 2.45) is 15.4 Å². The zero-order valence-electron chi connectivity index (χ0n) is 27.1. The third-order valence-corrected chi connectivity index (χ3v) is 7.91. The number of oxime groups is 1. The predicted molar refractivity (Wildman–Crippen MR) is 177 cm³/mol. The lowest BCUT2D eigenvalue weighted by Gasteiger charge is -2.30. The van der Waals surface area contributed by atoms with Gasteiger partial charge in [0.15, 0.2) is 6.61 Å². The lowest BCUT2D eigenvalue weighted by molar-refractivity contribution is -0.903. The summed E-state index contributed by atoms with van der Waals surface area (Å²) in [6.45, 7) is 4.52. The number of quaternary nitrogens is 2. The van der Waals surface area contributed by atoms with E-state index in [0.29, 0.717) is 49.7 Å². The van der Waals surface area contributed by atoms with Gasteiger partial charge in [-0.25, -0.2) is 0 Å². The van der Waals surface area contributed by atoms with Crippen LogP contribution in [0.1, 0.15) is 44.7 Å². The van der Waals surface area contributed by atoms with Gasteiger partial charge in [-0.2, -0.15) is 10.2 Å². The molecule has 2 aliphatic heterocycles. The van der Waals surface area contributed by atoms with Crippen molar-refractivity contribution in [2.45, 2.75) is 25.9 Å². The minimum atomic E-state index is -0.194. The molecule has 46 heavy (non-hydrogen) atoms. The lowest BCUT2D eigenvalue weighted by Crippen LogP contribution is -2.41. The number of hydrogen-bond donors (Lipinski definition) is 0. The molecule has 238 valence electrons. The first kappa shape index (κ1) is 32.5. The van der Waals surface area contributed by atoms with Gasteiger partial charge < -0.3 is 18.5 Å². The molecule has 0 unspecified atom stereocenters. The monoisotopic (exact) mass is 622 g/mol. The molecule has 2 heterocycles. The molecule has 5 rings (SSSR count). The highest BCUT2D eigenvalue weighted by Crippen LogP contribution is 2.24. The van der Waals surface area contributed by atoms with E-state index in [0.717, 1.165) is 46.4 Å². The maximum absolute atomic E-state index is 12.6. The molecule has 0 radical (unpaired) electrons. The first-order valence-corrected chi connectivity index (χ1v) is 15.5. The third kappa shape index (κ3) is 8.87. The molecule has 0 spiro atoms. The molecule has 2 amide bonds. The Kier molecular flexibility index (Phi) is 10.3. The number of ether oxygens (including phenoxy) is 1. The molecule has 0 aliphatic carbocycles. The Labute approximate surface area is 271 Å². The van der Waals surface area contributed by atoms with Gasteiger partial charge in [-0.3, -0.25) is 14.5 Å². The van der Waals surface area contributed by atoms with Crippen molar-refractivity contribution in [1.29, 1.82) is 0 Å². The van der Waals surface area contributed by atoms with E-state index in [1.807, 2.05) is 24.3 Å². The van der Waals surface area contributed by atoms with Crippen LogP contribution in [0.3, 0.4) is 0 Å². The van der Waals surface area contributed by atoms with Gasteiger partial charge in [0.2, 0.25) is 5.90 Å². The molecule has 10 heteroatoms. The number of benzene rings is 3. The summed E-state index contributed by atoms with van der Waals surface area (Å²) in [5.74, 6) is 6.49. The van der Waals surface area contributed by atoms with Crippen molar-refractivity contribution in [3.05, 3.63) is 95.1 Å². The second-order valence-corrected chi connectivity index (χ2v) is 13.0. The van der Waals surface area contributed by atoms with Crippen molar-refractivity contribution in [3.63, 3.8) is 0 Å². The molecule has 3 aromatic rings. The third-order valence-electron chi connectivity index (χ3n) is 7.91. The van der Waals surface area contributed by atoms with E-state index in [-0.39, 0.29) is 11.8 Å². The molecule has 0 saturated heterocycles.